The first-order valence-electron chi connectivity index (χ1n) is 8.33. The largest absolute Gasteiger partial charge is 0.337 e. The smallest absolute Gasteiger partial charge is 0.254 e. The fourth-order valence-electron chi connectivity index (χ4n) is 3.50. The summed E-state index contributed by atoms with van der Waals surface area (Å²) in [6.45, 7) is 3.51. The number of fused-ring (bicyclic) bond motifs is 1. The van der Waals surface area contributed by atoms with Gasteiger partial charge in [0.05, 0.1) is 23.4 Å². The van der Waals surface area contributed by atoms with Crippen LogP contribution in [0.25, 0.3) is 11.0 Å². The Hall–Kier alpha value is -2.63. The lowest BCUT2D eigenvalue weighted by atomic mass is 10.0. The van der Waals surface area contributed by atoms with Crippen LogP contribution < -0.4 is 0 Å². The summed E-state index contributed by atoms with van der Waals surface area (Å²) in [7, 11) is 1.99. The lowest BCUT2D eigenvalue weighted by molar-refractivity contribution is 0.0679. The third kappa shape index (κ3) is 2.48. The zero-order valence-corrected chi connectivity index (χ0v) is 14.0. The Kier molecular flexibility index (Phi) is 3.59. The van der Waals surface area contributed by atoms with Gasteiger partial charge in [-0.2, -0.15) is 0 Å². The van der Waals surface area contributed by atoms with E-state index in [1.807, 2.05) is 54.2 Å². The summed E-state index contributed by atoms with van der Waals surface area (Å²) >= 11 is 0. The molecule has 2 aromatic heterocycles. The molecule has 0 unspecified atom stereocenters. The molecule has 0 radical (unpaired) electrons. The van der Waals surface area contributed by atoms with Crippen LogP contribution in [0.1, 0.15) is 35.1 Å². The van der Waals surface area contributed by atoms with Gasteiger partial charge in [0, 0.05) is 38.1 Å². The summed E-state index contributed by atoms with van der Waals surface area (Å²) in [5.41, 5.74) is 2.65. The molecule has 1 aliphatic rings. The molecule has 1 aromatic carbocycles. The highest BCUT2D eigenvalue weighted by Crippen LogP contribution is 2.24. The molecule has 0 spiro atoms. The van der Waals surface area contributed by atoms with Crippen LogP contribution in [0.4, 0.5) is 0 Å². The average Bonchev–Trinajstić information content (AvgIpc) is 3.23. The van der Waals surface area contributed by atoms with Crippen molar-refractivity contribution < 1.29 is 4.79 Å². The molecule has 124 valence electrons. The molecule has 6 nitrogen and oxygen atoms in total. The molecule has 1 saturated heterocycles. The van der Waals surface area contributed by atoms with Crippen LogP contribution in [0.15, 0.2) is 36.9 Å². The number of nitrogens with zero attached hydrogens (tertiary/aromatic N) is 5. The summed E-state index contributed by atoms with van der Waals surface area (Å²) < 4.78 is 4.14. The van der Waals surface area contributed by atoms with Crippen molar-refractivity contribution in [3.05, 3.63) is 48.3 Å². The normalized spacial score (nSPS) is 18.2. The number of amides is 1. The van der Waals surface area contributed by atoms with Gasteiger partial charge in [0.2, 0.25) is 0 Å². The molecule has 0 bridgehead atoms. The fourth-order valence-corrected chi connectivity index (χ4v) is 3.50. The first-order chi connectivity index (χ1) is 11.6. The summed E-state index contributed by atoms with van der Waals surface area (Å²) in [6.07, 6.45) is 7.69. The highest BCUT2D eigenvalue weighted by molar-refractivity contribution is 5.97. The molecular weight excluding hydrogens is 302 g/mol. The number of likely N-dealkylation sites (tertiary alicyclic amines) is 1. The molecule has 4 rings (SSSR count). The van der Waals surface area contributed by atoms with Gasteiger partial charge in [0.1, 0.15) is 5.82 Å². The van der Waals surface area contributed by atoms with Gasteiger partial charge < -0.3 is 14.0 Å². The third-order valence-corrected chi connectivity index (χ3v) is 4.98. The number of carbonyl (C=O) groups is 1. The predicted octanol–water partition coefficient (Wildman–Crippen LogP) is 2.56. The van der Waals surface area contributed by atoms with Crippen molar-refractivity contribution in [3.63, 3.8) is 0 Å². The highest BCUT2D eigenvalue weighted by Gasteiger charge is 2.25. The van der Waals surface area contributed by atoms with Gasteiger partial charge in [-0.25, -0.2) is 9.97 Å². The van der Waals surface area contributed by atoms with E-state index in [0.717, 1.165) is 42.8 Å². The quantitative estimate of drug-likeness (QED) is 0.728. The second-order valence-electron chi connectivity index (χ2n) is 6.48. The van der Waals surface area contributed by atoms with Gasteiger partial charge in [-0.1, -0.05) is 0 Å². The first-order valence-corrected chi connectivity index (χ1v) is 8.33. The topological polar surface area (TPSA) is 56.0 Å². The van der Waals surface area contributed by atoms with Crippen molar-refractivity contribution in [2.75, 3.05) is 13.1 Å². The van der Waals surface area contributed by atoms with E-state index in [-0.39, 0.29) is 5.91 Å². The molecule has 6 heteroatoms. The molecule has 1 atom stereocenters. The zero-order valence-electron chi connectivity index (χ0n) is 14.0. The van der Waals surface area contributed by atoms with Crippen molar-refractivity contribution >= 4 is 16.9 Å². The molecule has 1 fully saturated rings. The Balaban J connectivity index is 1.58. The maximum atomic E-state index is 12.9. The van der Waals surface area contributed by atoms with Gasteiger partial charge in [0.25, 0.3) is 5.91 Å². The van der Waals surface area contributed by atoms with Crippen LogP contribution >= 0.6 is 0 Å². The van der Waals surface area contributed by atoms with Crippen molar-refractivity contribution in [2.24, 2.45) is 7.05 Å². The Bertz CT molecular complexity index is 880. The summed E-state index contributed by atoms with van der Waals surface area (Å²) in [5, 5.41) is 0. The number of hydrogen-bond donors (Lipinski definition) is 0. The van der Waals surface area contributed by atoms with Crippen LogP contribution in [0.5, 0.6) is 0 Å². The third-order valence-electron chi connectivity index (χ3n) is 4.98. The van der Waals surface area contributed by atoms with E-state index in [1.165, 1.54) is 0 Å². The number of aryl methyl sites for hydroxylation is 2. The number of carbonyl (C=O) groups excluding carboxylic acids is 1. The fraction of sp³-hybridized carbons (Fsp3) is 0.389. The molecule has 3 aromatic rings. The molecule has 1 amide bonds. The van der Waals surface area contributed by atoms with E-state index in [0.29, 0.717) is 11.6 Å². The minimum atomic E-state index is 0.0880. The van der Waals surface area contributed by atoms with Crippen LogP contribution in [0.2, 0.25) is 0 Å². The van der Waals surface area contributed by atoms with Crippen molar-refractivity contribution in [3.8, 4) is 0 Å². The van der Waals surface area contributed by atoms with E-state index in [9.17, 15) is 4.79 Å². The van der Waals surface area contributed by atoms with E-state index in [4.69, 9.17) is 0 Å². The summed E-state index contributed by atoms with van der Waals surface area (Å²) in [6, 6.07) is 6.11. The van der Waals surface area contributed by atoms with E-state index < -0.39 is 0 Å². The second-order valence-corrected chi connectivity index (χ2v) is 6.48. The Morgan fingerprint density at radius 1 is 1.33 bits per heavy atom. The van der Waals surface area contributed by atoms with Gasteiger partial charge in [-0.15, -0.1) is 0 Å². The lowest BCUT2D eigenvalue weighted by Gasteiger charge is -2.33. The number of rotatable bonds is 2. The van der Waals surface area contributed by atoms with Gasteiger partial charge >= 0.3 is 0 Å². The van der Waals surface area contributed by atoms with Crippen LogP contribution in [0, 0.1) is 6.92 Å². The Morgan fingerprint density at radius 3 is 3.00 bits per heavy atom. The van der Waals surface area contributed by atoms with E-state index in [2.05, 4.69) is 14.5 Å². The molecular formula is C18H21N5O. The monoisotopic (exact) mass is 323 g/mol. The van der Waals surface area contributed by atoms with E-state index in [1.54, 1.807) is 6.20 Å². The number of piperidine rings is 1. The Labute approximate surface area is 140 Å². The number of aromatic nitrogens is 4. The maximum absolute atomic E-state index is 12.9. The number of benzene rings is 1. The van der Waals surface area contributed by atoms with Gasteiger partial charge in [-0.05, 0) is 38.0 Å². The molecule has 3 heterocycles. The Morgan fingerprint density at radius 2 is 2.21 bits per heavy atom. The molecule has 24 heavy (non-hydrogen) atoms. The van der Waals surface area contributed by atoms with Crippen molar-refractivity contribution in [1.82, 2.24) is 24.0 Å². The summed E-state index contributed by atoms with van der Waals surface area (Å²) in [4.78, 5) is 23.5. The van der Waals surface area contributed by atoms with Crippen LogP contribution in [-0.4, -0.2) is 43.0 Å². The molecule has 1 aliphatic heterocycles. The van der Waals surface area contributed by atoms with Gasteiger partial charge in [0.15, 0.2) is 0 Å². The predicted molar refractivity (Wildman–Crippen MR) is 91.9 cm³/mol. The highest BCUT2D eigenvalue weighted by atomic mass is 16.2. The molecule has 0 N–H and O–H groups in total. The minimum absolute atomic E-state index is 0.0880. The first kappa shape index (κ1) is 14.9. The summed E-state index contributed by atoms with van der Waals surface area (Å²) in [5.74, 6) is 1.04. The standard InChI is InChI=1S/C18H21N5O/c1-13-20-16-10-14(5-6-17(16)21(13)2)18(24)22-8-3-4-15(11-22)23-9-7-19-12-23/h5-7,9-10,12,15H,3-4,8,11H2,1-2H3/t15-/m1/s1. The van der Waals surface area contributed by atoms with Gasteiger partial charge in [-0.3, -0.25) is 4.79 Å². The second kappa shape index (κ2) is 5.78. The van der Waals surface area contributed by atoms with Crippen molar-refractivity contribution in [2.45, 2.75) is 25.8 Å². The molecule has 0 aliphatic carbocycles. The molecule has 0 saturated carbocycles. The SMILES string of the molecule is Cc1nc2cc(C(=O)N3CCC[C@@H](n4ccnc4)C3)ccc2n1C. The van der Waals surface area contributed by atoms with Crippen LogP contribution in [-0.2, 0) is 7.05 Å². The number of hydrogen-bond acceptors (Lipinski definition) is 3. The number of imidazole rings is 2. The lowest BCUT2D eigenvalue weighted by Crippen LogP contribution is -2.40. The maximum Gasteiger partial charge on any atom is 0.254 e. The van der Waals surface area contributed by atoms with Crippen molar-refractivity contribution in [1.29, 1.82) is 0 Å². The average molecular weight is 323 g/mol. The van der Waals surface area contributed by atoms with E-state index >= 15 is 0 Å². The minimum Gasteiger partial charge on any atom is -0.337 e. The zero-order chi connectivity index (χ0) is 16.7. The van der Waals surface area contributed by atoms with Crippen LogP contribution in [0.3, 0.4) is 0 Å².